The van der Waals surface area contributed by atoms with E-state index in [0.717, 1.165) is 39.2 Å². The van der Waals surface area contributed by atoms with Crippen LogP contribution < -0.4 is 5.32 Å². The van der Waals surface area contributed by atoms with E-state index in [1.165, 1.54) is 0 Å². The number of carbonyl (C=O) groups is 1. The molecule has 0 radical (unpaired) electrons. The molecular formula is C30H43NO3S2. The molecule has 6 heteroatoms. The van der Waals surface area contributed by atoms with Crippen LogP contribution in [0, 0.1) is 6.92 Å². The molecule has 0 atom stereocenters. The molecule has 0 heterocycles. The lowest BCUT2D eigenvalue weighted by Crippen LogP contribution is -2.24. The molecule has 0 unspecified atom stereocenters. The van der Waals surface area contributed by atoms with Crippen LogP contribution in [0.5, 0.6) is 0 Å². The van der Waals surface area contributed by atoms with Gasteiger partial charge in [-0.3, -0.25) is 0 Å². The minimum Gasteiger partial charge on any atom is -0.434 e. The van der Waals surface area contributed by atoms with Crippen molar-refractivity contribution in [1.29, 1.82) is 0 Å². The number of thiocarbonyl (C=S) groups is 1. The van der Waals surface area contributed by atoms with Crippen molar-refractivity contribution in [2.75, 3.05) is 11.9 Å². The van der Waals surface area contributed by atoms with E-state index >= 15 is 0 Å². The first-order chi connectivity index (χ1) is 16.9. The fourth-order valence-corrected chi connectivity index (χ4v) is 3.13. The molecule has 2 aromatic carbocycles. The molecule has 4 nitrogen and oxygen atoms in total. The monoisotopic (exact) mass is 529 g/mol. The summed E-state index contributed by atoms with van der Waals surface area (Å²) >= 11 is 9.29. The van der Waals surface area contributed by atoms with E-state index in [2.05, 4.69) is 49.7 Å². The van der Waals surface area contributed by atoms with Gasteiger partial charge >= 0.3 is 6.16 Å². The van der Waals surface area contributed by atoms with E-state index in [-0.39, 0.29) is 6.61 Å². The zero-order valence-electron chi connectivity index (χ0n) is 23.3. The Morgan fingerprint density at radius 1 is 1.06 bits per heavy atom. The van der Waals surface area contributed by atoms with Crippen LogP contribution in [0.3, 0.4) is 0 Å². The van der Waals surface area contributed by atoms with Crippen molar-refractivity contribution in [3.63, 3.8) is 0 Å². The van der Waals surface area contributed by atoms with Crippen LogP contribution in [0.4, 0.5) is 10.5 Å². The number of nitrogens with one attached hydrogen (secondary N) is 1. The Bertz CT molecular complexity index is 1020. The second kappa shape index (κ2) is 17.0. The molecule has 0 aliphatic heterocycles. The zero-order valence-corrected chi connectivity index (χ0v) is 25.0. The van der Waals surface area contributed by atoms with Crippen LogP contribution in [-0.4, -0.2) is 22.6 Å². The van der Waals surface area contributed by atoms with Gasteiger partial charge in [0.15, 0.2) is 0 Å². The molecule has 2 rings (SSSR count). The standard InChI is InChI=1S/C26H31NO3S2.2C2H6/c1-17(13-14-29-25(28)30-26(4,5)6)15-22-16-23(12-7-18(22)2)27-19(3)20-8-10-21(11-9-20)24(31)32;2*1-2/h7-12,15-16,27H,3,13-14H2,1-2,4-6H3,(H,31,32);2*1-2H3/b17-15+;;. The molecule has 36 heavy (non-hydrogen) atoms. The smallest absolute Gasteiger partial charge is 0.434 e. The van der Waals surface area contributed by atoms with Crippen LogP contribution in [-0.2, 0) is 9.47 Å². The highest BCUT2D eigenvalue weighted by molar-refractivity contribution is 8.11. The van der Waals surface area contributed by atoms with E-state index in [4.69, 9.17) is 21.7 Å². The Hall–Kier alpha value is -2.57. The SMILES string of the molecule is C=C(Nc1ccc(C)c(/C=C(\C)CCOC(=O)OC(C)(C)C)c1)c1ccc(C(=S)S)cc1.CC.CC. The normalized spacial score (nSPS) is 10.7. The third kappa shape index (κ3) is 12.9. The third-order valence-corrected chi connectivity index (χ3v) is 5.06. The van der Waals surface area contributed by atoms with Crippen molar-refractivity contribution >= 4 is 52.7 Å². The third-order valence-electron chi connectivity index (χ3n) is 4.56. The lowest BCUT2D eigenvalue weighted by Gasteiger charge is -2.18. The summed E-state index contributed by atoms with van der Waals surface area (Å²) in [4.78, 5) is 11.7. The summed E-state index contributed by atoms with van der Waals surface area (Å²) in [6.07, 6.45) is 2.09. The van der Waals surface area contributed by atoms with Gasteiger partial charge in [0.25, 0.3) is 0 Å². The summed E-state index contributed by atoms with van der Waals surface area (Å²) < 4.78 is 10.9. The molecule has 1 N–H and O–H groups in total. The molecule has 0 fully saturated rings. The van der Waals surface area contributed by atoms with E-state index in [9.17, 15) is 4.79 Å². The van der Waals surface area contributed by atoms with Gasteiger partial charge in [-0.25, -0.2) is 4.79 Å². The van der Waals surface area contributed by atoms with Gasteiger partial charge in [-0.1, -0.05) is 88.5 Å². The van der Waals surface area contributed by atoms with Gasteiger partial charge in [-0.05, 0) is 69.0 Å². The first kappa shape index (κ1) is 33.4. The topological polar surface area (TPSA) is 47.6 Å². The summed E-state index contributed by atoms with van der Waals surface area (Å²) in [5, 5.41) is 3.37. The van der Waals surface area contributed by atoms with Gasteiger partial charge in [0.2, 0.25) is 0 Å². The Morgan fingerprint density at radius 3 is 2.14 bits per heavy atom. The van der Waals surface area contributed by atoms with Gasteiger partial charge in [0.1, 0.15) is 5.60 Å². The van der Waals surface area contributed by atoms with E-state index in [1.54, 1.807) is 0 Å². The van der Waals surface area contributed by atoms with Crippen molar-refractivity contribution in [3.8, 4) is 0 Å². The molecule has 0 bridgehead atoms. The maximum atomic E-state index is 11.7. The molecular weight excluding hydrogens is 486 g/mol. The fourth-order valence-electron chi connectivity index (χ4n) is 2.85. The number of benzene rings is 2. The Balaban J connectivity index is 0.00000291. The average Bonchev–Trinajstić information content (AvgIpc) is 2.82. The zero-order chi connectivity index (χ0) is 27.9. The summed E-state index contributed by atoms with van der Waals surface area (Å²) in [6, 6.07) is 14.0. The number of ether oxygens (including phenoxy) is 2. The fraction of sp³-hybridized carbons (Fsp3) is 0.400. The van der Waals surface area contributed by atoms with Crippen molar-refractivity contribution in [3.05, 3.63) is 76.9 Å². The molecule has 0 saturated carbocycles. The molecule has 198 valence electrons. The molecule has 2 aromatic rings. The maximum absolute atomic E-state index is 11.7. The second-order valence-corrected chi connectivity index (χ2v) is 9.77. The number of thiol groups is 1. The highest BCUT2D eigenvalue weighted by Crippen LogP contribution is 2.23. The average molecular weight is 530 g/mol. The van der Waals surface area contributed by atoms with E-state index in [1.807, 2.05) is 85.7 Å². The number of anilines is 1. The highest BCUT2D eigenvalue weighted by atomic mass is 32.1. The van der Waals surface area contributed by atoms with Crippen LogP contribution in [0.25, 0.3) is 11.8 Å². The highest BCUT2D eigenvalue weighted by Gasteiger charge is 2.17. The summed E-state index contributed by atoms with van der Waals surface area (Å²) in [6.45, 7) is 21.9. The minimum absolute atomic E-state index is 0.275. The summed E-state index contributed by atoms with van der Waals surface area (Å²) in [5.41, 5.74) is 6.42. The minimum atomic E-state index is -0.643. The Kier molecular flexibility index (Phi) is 15.8. The maximum Gasteiger partial charge on any atom is 0.508 e. The summed E-state index contributed by atoms with van der Waals surface area (Å²) in [7, 11) is 0. The number of rotatable bonds is 8. The molecule has 0 aliphatic rings. The second-order valence-electron chi connectivity index (χ2n) is 8.61. The van der Waals surface area contributed by atoms with Crippen molar-refractivity contribution < 1.29 is 14.3 Å². The van der Waals surface area contributed by atoms with Crippen molar-refractivity contribution in [2.45, 2.75) is 74.3 Å². The molecule has 0 amide bonds. The van der Waals surface area contributed by atoms with E-state index in [0.29, 0.717) is 10.6 Å². The van der Waals surface area contributed by atoms with Gasteiger partial charge in [-0.2, -0.15) is 0 Å². The Morgan fingerprint density at radius 2 is 1.61 bits per heavy atom. The molecule has 0 aliphatic carbocycles. The molecule has 0 saturated heterocycles. The van der Waals surface area contributed by atoms with Crippen LogP contribution >= 0.6 is 24.8 Å². The van der Waals surface area contributed by atoms with Crippen LogP contribution in [0.1, 0.15) is 84.1 Å². The first-order valence-corrected chi connectivity index (χ1v) is 13.2. The van der Waals surface area contributed by atoms with E-state index < -0.39 is 11.8 Å². The van der Waals surface area contributed by atoms with Crippen LogP contribution in [0.2, 0.25) is 0 Å². The number of hydrogen-bond donors (Lipinski definition) is 2. The predicted octanol–water partition coefficient (Wildman–Crippen LogP) is 9.48. The van der Waals surface area contributed by atoms with Gasteiger partial charge in [0, 0.05) is 17.8 Å². The number of aryl methyl sites for hydroxylation is 1. The Labute approximate surface area is 229 Å². The van der Waals surface area contributed by atoms with Gasteiger partial charge in [-0.15, -0.1) is 12.6 Å². The van der Waals surface area contributed by atoms with Gasteiger partial charge < -0.3 is 14.8 Å². The lowest BCUT2D eigenvalue weighted by molar-refractivity contribution is -0.00659. The predicted molar refractivity (Wildman–Crippen MR) is 164 cm³/mol. The summed E-state index contributed by atoms with van der Waals surface area (Å²) in [5.74, 6) is 0. The molecule has 0 spiro atoms. The van der Waals surface area contributed by atoms with Crippen molar-refractivity contribution in [1.82, 2.24) is 0 Å². The van der Waals surface area contributed by atoms with Crippen molar-refractivity contribution in [2.24, 2.45) is 0 Å². The number of hydrogen-bond acceptors (Lipinski definition) is 5. The number of carbonyl (C=O) groups excluding carboxylic acids is 1. The quantitative estimate of drug-likeness (QED) is 0.203. The lowest BCUT2D eigenvalue weighted by atomic mass is 10.0. The molecule has 0 aromatic heterocycles. The first-order valence-electron chi connectivity index (χ1n) is 12.4. The largest absolute Gasteiger partial charge is 0.508 e. The van der Waals surface area contributed by atoms with Gasteiger partial charge in [0.05, 0.1) is 10.8 Å². The van der Waals surface area contributed by atoms with Crippen LogP contribution in [0.15, 0.2) is 54.6 Å².